The summed E-state index contributed by atoms with van der Waals surface area (Å²) in [4.78, 5) is 1.95. The third kappa shape index (κ3) is 3.52. The summed E-state index contributed by atoms with van der Waals surface area (Å²) in [5.74, 6) is 1.33. The lowest BCUT2D eigenvalue weighted by Gasteiger charge is -2.23. The Morgan fingerprint density at radius 3 is 2.62 bits per heavy atom. The van der Waals surface area contributed by atoms with E-state index >= 15 is 0 Å². The van der Waals surface area contributed by atoms with Crippen molar-refractivity contribution < 1.29 is 9.15 Å². The number of hydrogen-bond acceptors (Lipinski definition) is 6. The van der Waals surface area contributed by atoms with Crippen molar-refractivity contribution in [3.63, 3.8) is 0 Å². The van der Waals surface area contributed by atoms with E-state index in [0.717, 1.165) is 17.7 Å². The molecule has 2 atom stereocenters. The van der Waals surface area contributed by atoms with Crippen molar-refractivity contribution in [3.05, 3.63) is 35.7 Å². The quantitative estimate of drug-likeness (QED) is 0.878. The monoisotopic (exact) mass is 290 g/mol. The predicted molar refractivity (Wildman–Crippen MR) is 81.5 cm³/mol. The van der Waals surface area contributed by atoms with Crippen LogP contribution in [-0.2, 0) is 6.42 Å². The van der Waals surface area contributed by atoms with E-state index in [-0.39, 0.29) is 12.1 Å². The van der Waals surface area contributed by atoms with Crippen molar-refractivity contribution in [2.45, 2.75) is 32.4 Å². The molecular weight excluding hydrogens is 268 g/mol. The second-order valence-corrected chi connectivity index (χ2v) is 5.19. The third-order valence-electron chi connectivity index (χ3n) is 3.49. The van der Waals surface area contributed by atoms with Crippen LogP contribution in [0.15, 0.2) is 28.7 Å². The number of likely N-dealkylation sites (N-methyl/N-ethyl adjacent to an activating group) is 1. The first-order chi connectivity index (χ1) is 10.0. The highest BCUT2D eigenvalue weighted by Crippen LogP contribution is 2.22. The fourth-order valence-electron chi connectivity index (χ4n) is 2.07. The van der Waals surface area contributed by atoms with E-state index in [1.807, 2.05) is 37.1 Å². The first-order valence-corrected chi connectivity index (χ1v) is 6.96. The molecule has 0 saturated carbocycles. The van der Waals surface area contributed by atoms with Crippen molar-refractivity contribution in [1.29, 1.82) is 0 Å². The normalized spacial score (nSPS) is 13.8. The van der Waals surface area contributed by atoms with Gasteiger partial charge in [0, 0.05) is 13.1 Å². The van der Waals surface area contributed by atoms with Gasteiger partial charge in [-0.1, -0.05) is 23.3 Å². The molecule has 0 saturated heterocycles. The lowest BCUT2D eigenvalue weighted by Crippen LogP contribution is -2.31. The molecule has 0 aliphatic rings. The van der Waals surface area contributed by atoms with Crippen molar-refractivity contribution in [3.8, 4) is 5.75 Å². The largest absolute Gasteiger partial charge is 0.496 e. The smallest absolute Gasteiger partial charge is 0.318 e. The van der Waals surface area contributed by atoms with Gasteiger partial charge in [-0.15, -0.1) is 5.10 Å². The van der Waals surface area contributed by atoms with Gasteiger partial charge in [0.05, 0.1) is 13.2 Å². The maximum absolute atomic E-state index is 5.73. The molecular formula is C15H22N4O2. The Bertz CT molecular complexity index is 583. The molecule has 0 amide bonds. The second kappa shape index (κ2) is 6.58. The van der Waals surface area contributed by atoms with Crippen molar-refractivity contribution >= 4 is 6.01 Å². The molecule has 21 heavy (non-hydrogen) atoms. The number of rotatable bonds is 6. The number of methoxy groups -OCH3 is 1. The van der Waals surface area contributed by atoms with E-state index in [1.54, 1.807) is 7.11 Å². The molecule has 0 aliphatic heterocycles. The minimum Gasteiger partial charge on any atom is -0.496 e. The number of aromatic nitrogens is 2. The Morgan fingerprint density at radius 1 is 1.29 bits per heavy atom. The van der Waals surface area contributed by atoms with Crippen molar-refractivity contribution in [2.75, 3.05) is 19.1 Å². The summed E-state index contributed by atoms with van der Waals surface area (Å²) < 4.78 is 11.0. The van der Waals surface area contributed by atoms with Gasteiger partial charge in [-0.2, -0.15) is 0 Å². The predicted octanol–water partition coefficient (Wildman–Crippen LogP) is 2.17. The summed E-state index contributed by atoms with van der Waals surface area (Å²) in [5, 5.41) is 7.99. The minimum atomic E-state index is -0.260. The van der Waals surface area contributed by atoms with E-state index < -0.39 is 0 Å². The topological polar surface area (TPSA) is 77.4 Å². The van der Waals surface area contributed by atoms with Crippen LogP contribution in [0.2, 0.25) is 0 Å². The molecule has 114 valence electrons. The fourth-order valence-corrected chi connectivity index (χ4v) is 2.07. The highest BCUT2D eigenvalue weighted by molar-refractivity contribution is 5.35. The maximum atomic E-state index is 5.73. The molecule has 2 unspecified atom stereocenters. The number of ether oxygens (including phenoxy) is 1. The van der Waals surface area contributed by atoms with Crippen LogP contribution in [0.3, 0.4) is 0 Å². The Balaban J connectivity index is 2.09. The number of benzene rings is 1. The Labute approximate surface area is 124 Å². The number of anilines is 1. The molecule has 0 aliphatic carbocycles. The van der Waals surface area contributed by atoms with Crippen LogP contribution in [-0.4, -0.2) is 30.4 Å². The highest BCUT2D eigenvalue weighted by atomic mass is 16.5. The van der Waals surface area contributed by atoms with Crippen LogP contribution in [0.5, 0.6) is 5.75 Å². The van der Waals surface area contributed by atoms with Gasteiger partial charge in [-0.05, 0) is 31.9 Å². The summed E-state index contributed by atoms with van der Waals surface area (Å²) in [6.45, 7) is 3.91. The summed E-state index contributed by atoms with van der Waals surface area (Å²) in [5.41, 5.74) is 6.88. The van der Waals surface area contributed by atoms with E-state index in [4.69, 9.17) is 14.9 Å². The number of nitrogens with two attached hydrogens (primary N) is 1. The molecule has 2 N–H and O–H groups in total. The van der Waals surface area contributed by atoms with Crippen LogP contribution in [0.4, 0.5) is 6.01 Å². The zero-order valence-electron chi connectivity index (χ0n) is 12.9. The standard InChI is InChI=1S/C15H22N4O2/c1-10(9-12-7-5-6-8-13(12)20-4)19(3)15-18-17-14(21-15)11(2)16/h5-8,10-11H,9,16H2,1-4H3. The van der Waals surface area contributed by atoms with Gasteiger partial charge in [0.15, 0.2) is 0 Å². The zero-order chi connectivity index (χ0) is 15.4. The molecule has 6 nitrogen and oxygen atoms in total. The average Bonchev–Trinajstić information content (AvgIpc) is 2.97. The molecule has 0 radical (unpaired) electrons. The molecule has 1 aromatic heterocycles. The first kappa shape index (κ1) is 15.3. The first-order valence-electron chi connectivity index (χ1n) is 6.96. The molecule has 2 aromatic rings. The lowest BCUT2D eigenvalue weighted by atomic mass is 10.1. The molecule has 2 rings (SSSR count). The van der Waals surface area contributed by atoms with Gasteiger partial charge in [0.25, 0.3) is 0 Å². The van der Waals surface area contributed by atoms with Crippen LogP contribution in [0.25, 0.3) is 0 Å². The van der Waals surface area contributed by atoms with Gasteiger partial charge >= 0.3 is 6.01 Å². The SMILES string of the molecule is COc1ccccc1CC(C)N(C)c1nnc(C(C)N)o1. The zero-order valence-corrected chi connectivity index (χ0v) is 12.9. The highest BCUT2D eigenvalue weighted by Gasteiger charge is 2.19. The van der Waals surface area contributed by atoms with Gasteiger partial charge in [0.2, 0.25) is 5.89 Å². The van der Waals surface area contributed by atoms with Gasteiger partial charge in [-0.25, -0.2) is 0 Å². The molecule has 0 fully saturated rings. The molecule has 0 bridgehead atoms. The third-order valence-corrected chi connectivity index (χ3v) is 3.49. The lowest BCUT2D eigenvalue weighted by molar-refractivity contribution is 0.407. The maximum Gasteiger partial charge on any atom is 0.318 e. The van der Waals surface area contributed by atoms with Gasteiger partial charge < -0.3 is 19.8 Å². The van der Waals surface area contributed by atoms with Crippen molar-refractivity contribution in [1.82, 2.24) is 10.2 Å². The second-order valence-electron chi connectivity index (χ2n) is 5.19. The number of nitrogens with zero attached hydrogens (tertiary/aromatic N) is 3. The summed E-state index contributed by atoms with van der Waals surface area (Å²) >= 11 is 0. The molecule has 1 aromatic carbocycles. The van der Waals surface area contributed by atoms with Crippen LogP contribution < -0.4 is 15.4 Å². The number of para-hydroxylation sites is 1. The van der Waals surface area contributed by atoms with Crippen LogP contribution in [0.1, 0.15) is 31.3 Å². The average molecular weight is 290 g/mol. The van der Waals surface area contributed by atoms with E-state index in [2.05, 4.69) is 23.2 Å². The Hall–Kier alpha value is -2.08. The summed E-state index contributed by atoms with van der Waals surface area (Å²) in [6, 6.07) is 8.39. The molecule has 1 heterocycles. The van der Waals surface area contributed by atoms with E-state index in [9.17, 15) is 0 Å². The van der Waals surface area contributed by atoms with Crippen LogP contribution in [0, 0.1) is 0 Å². The summed E-state index contributed by atoms with van der Waals surface area (Å²) in [7, 11) is 3.61. The number of hydrogen-bond donors (Lipinski definition) is 1. The fraction of sp³-hybridized carbons (Fsp3) is 0.467. The Morgan fingerprint density at radius 2 is 2.00 bits per heavy atom. The van der Waals surface area contributed by atoms with Crippen LogP contribution >= 0.6 is 0 Å². The van der Waals surface area contributed by atoms with E-state index in [1.165, 1.54) is 0 Å². The van der Waals surface area contributed by atoms with Gasteiger partial charge in [-0.3, -0.25) is 0 Å². The minimum absolute atomic E-state index is 0.183. The molecule has 6 heteroatoms. The molecule has 0 spiro atoms. The Kier molecular flexibility index (Phi) is 4.80. The summed E-state index contributed by atoms with van der Waals surface area (Å²) in [6.07, 6.45) is 0.816. The van der Waals surface area contributed by atoms with Gasteiger partial charge in [0.1, 0.15) is 5.75 Å². The van der Waals surface area contributed by atoms with Crippen molar-refractivity contribution in [2.24, 2.45) is 5.73 Å². The van der Waals surface area contributed by atoms with E-state index in [0.29, 0.717) is 11.9 Å².